The molecule has 1 aromatic carbocycles. The first-order valence-corrected chi connectivity index (χ1v) is 6.92. The van der Waals surface area contributed by atoms with Gasteiger partial charge in [-0.1, -0.05) is 6.07 Å². The molecule has 1 aromatic heterocycles. The number of hydrogen-bond donors (Lipinski definition) is 2. The Morgan fingerprint density at radius 2 is 2.19 bits per heavy atom. The number of hydrogen-bond acceptors (Lipinski definition) is 4. The number of ether oxygens (including phenoxy) is 1. The van der Waals surface area contributed by atoms with Crippen molar-refractivity contribution < 1.29 is 9.53 Å². The van der Waals surface area contributed by atoms with E-state index in [1.807, 2.05) is 43.3 Å². The molecule has 0 saturated heterocycles. The van der Waals surface area contributed by atoms with E-state index in [-0.39, 0.29) is 11.9 Å². The Morgan fingerprint density at radius 3 is 2.95 bits per heavy atom. The standard InChI is InChI=1S/C16H17N3O2/c1-10(13-5-3-4-8-17-13)18-12-6-7-15-14(9-12)19-16(20)11(2)21-15/h3-11,18H,1-2H3,(H,19,20). The van der Waals surface area contributed by atoms with Crippen LogP contribution in [-0.4, -0.2) is 17.0 Å². The van der Waals surface area contributed by atoms with Gasteiger partial charge in [0.25, 0.3) is 5.91 Å². The van der Waals surface area contributed by atoms with Crippen LogP contribution in [0.5, 0.6) is 5.75 Å². The summed E-state index contributed by atoms with van der Waals surface area (Å²) in [6.07, 6.45) is 1.32. The van der Waals surface area contributed by atoms with Crippen LogP contribution >= 0.6 is 0 Å². The van der Waals surface area contributed by atoms with Gasteiger partial charge in [0.05, 0.1) is 17.4 Å². The Bertz CT molecular complexity index is 658. The molecule has 2 N–H and O–H groups in total. The number of pyridine rings is 1. The molecular weight excluding hydrogens is 266 g/mol. The second-order valence-corrected chi connectivity index (χ2v) is 5.08. The first-order chi connectivity index (χ1) is 10.1. The average Bonchev–Trinajstić information content (AvgIpc) is 2.49. The maximum Gasteiger partial charge on any atom is 0.265 e. The molecule has 3 rings (SSSR count). The fraction of sp³-hybridized carbons (Fsp3) is 0.250. The second kappa shape index (κ2) is 5.44. The summed E-state index contributed by atoms with van der Waals surface area (Å²) in [4.78, 5) is 16.0. The van der Waals surface area contributed by atoms with Gasteiger partial charge in [-0.15, -0.1) is 0 Å². The monoisotopic (exact) mass is 283 g/mol. The molecule has 108 valence electrons. The summed E-state index contributed by atoms with van der Waals surface area (Å²) >= 11 is 0. The number of carbonyl (C=O) groups is 1. The van der Waals surface area contributed by atoms with E-state index >= 15 is 0 Å². The Kier molecular flexibility index (Phi) is 3.48. The zero-order valence-electron chi connectivity index (χ0n) is 12.0. The Hall–Kier alpha value is -2.56. The van der Waals surface area contributed by atoms with Crippen LogP contribution in [0.4, 0.5) is 11.4 Å². The minimum Gasteiger partial charge on any atom is -0.479 e. The van der Waals surface area contributed by atoms with Gasteiger partial charge in [0.1, 0.15) is 5.75 Å². The first kappa shape index (κ1) is 13.4. The maximum absolute atomic E-state index is 11.6. The van der Waals surface area contributed by atoms with Crippen LogP contribution < -0.4 is 15.4 Å². The zero-order chi connectivity index (χ0) is 14.8. The van der Waals surface area contributed by atoms with E-state index in [4.69, 9.17) is 4.74 Å². The molecule has 2 heterocycles. The summed E-state index contributed by atoms with van der Waals surface area (Å²) in [5.74, 6) is 0.565. The van der Waals surface area contributed by atoms with Crippen LogP contribution in [-0.2, 0) is 4.79 Å². The molecule has 1 aliphatic rings. The molecule has 0 fully saturated rings. The molecule has 1 aliphatic heterocycles. The molecule has 1 amide bonds. The lowest BCUT2D eigenvalue weighted by molar-refractivity contribution is -0.122. The molecule has 2 atom stereocenters. The van der Waals surface area contributed by atoms with E-state index < -0.39 is 6.10 Å². The minimum absolute atomic E-state index is 0.0726. The number of aromatic nitrogens is 1. The Morgan fingerprint density at radius 1 is 1.33 bits per heavy atom. The topological polar surface area (TPSA) is 63.2 Å². The Balaban J connectivity index is 1.78. The van der Waals surface area contributed by atoms with Crippen molar-refractivity contribution >= 4 is 17.3 Å². The molecule has 0 aliphatic carbocycles. The number of anilines is 2. The highest BCUT2D eigenvalue weighted by Gasteiger charge is 2.23. The molecule has 0 radical (unpaired) electrons. The van der Waals surface area contributed by atoms with Crippen LogP contribution in [0.1, 0.15) is 25.6 Å². The van der Waals surface area contributed by atoms with Gasteiger partial charge in [0.2, 0.25) is 0 Å². The fourth-order valence-corrected chi connectivity index (χ4v) is 2.25. The summed E-state index contributed by atoms with van der Waals surface area (Å²) < 4.78 is 5.54. The van der Waals surface area contributed by atoms with Gasteiger partial charge in [-0.2, -0.15) is 0 Å². The number of rotatable bonds is 3. The lowest BCUT2D eigenvalue weighted by Gasteiger charge is -2.24. The molecule has 5 heteroatoms. The van der Waals surface area contributed by atoms with Crippen molar-refractivity contribution in [1.29, 1.82) is 0 Å². The predicted molar refractivity (Wildman–Crippen MR) is 81.4 cm³/mol. The van der Waals surface area contributed by atoms with E-state index in [9.17, 15) is 4.79 Å². The highest BCUT2D eigenvalue weighted by molar-refractivity contribution is 5.98. The van der Waals surface area contributed by atoms with Crippen molar-refractivity contribution in [1.82, 2.24) is 4.98 Å². The number of nitrogens with zero attached hydrogens (tertiary/aromatic N) is 1. The van der Waals surface area contributed by atoms with Gasteiger partial charge in [0, 0.05) is 11.9 Å². The van der Waals surface area contributed by atoms with Crippen LogP contribution in [0, 0.1) is 0 Å². The largest absolute Gasteiger partial charge is 0.479 e. The summed E-state index contributed by atoms with van der Waals surface area (Å²) in [5.41, 5.74) is 2.56. The quantitative estimate of drug-likeness (QED) is 0.909. The first-order valence-electron chi connectivity index (χ1n) is 6.92. The third kappa shape index (κ3) is 2.81. The van der Waals surface area contributed by atoms with E-state index in [1.165, 1.54) is 0 Å². The number of nitrogens with one attached hydrogen (secondary N) is 2. The van der Waals surface area contributed by atoms with Gasteiger partial charge < -0.3 is 15.4 Å². The lowest BCUT2D eigenvalue weighted by Crippen LogP contribution is -2.34. The molecule has 0 spiro atoms. The van der Waals surface area contributed by atoms with Crippen molar-refractivity contribution in [3.05, 3.63) is 48.3 Å². The lowest BCUT2D eigenvalue weighted by atomic mass is 10.1. The highest BCUT2D eigenvalue weighted by atomic mass is 16.5. The van der Waals surface area contributed by atoms with Gasteiger partial charge in [-0.25, -0.2) is 0 Å². The third-order valence-electron chi connectivity index (χ3n) is 3.42. The number of carbonyl (C=O) groups excluding carboxylic acids is 1. The SMILES string of the molecule is CC1Oc2ccc(NC(C)c3ccccn3)cc2NC1=O. The van der Waals surface area contributed by atoms with E-state index in [0.717, 1.165) is 11.4 Å². The maximum atomic E-state index is 11.6. The highest BCUT2D eigenvalue weighted by Crippen LogP contribution is 2.33. The van der Waals surface area contributed by atoms with E-state index in [2.05, 4.69) is 15.6 Å². The van der Waals surface area contributed by atoms with Gasteiger partial charge >= 0.3 is 0 Å². The van der Waals surface area contributed by atoms with Crippen LogP contribution in [0.3, 0.4) is 0 Å². The van der Waals surface area contributed by atoms with E-state index in [0.29, 0.717) is 11.4 Å². The van der Waals surface area contributed by atoms with Crippen molar-refractivity contribution in [2.24, 2.45) is 0 Å². The molecule has 0 bridgehead atoms. The molecule has 5 nitrogen and oxygen atoms in total. The molecule has 2 unspecified atom stereocenters. The normalized spacial score (nSPS) is 18.2. The molecule has 21 heavy (non-hydrogen) atoms. The van der Waals surface area contributed by atoms with Crippen molar-refractivity contribution in [2.45, 2.75) is 26.0 Å². The van der Waals surface area contributed by atoms with Crippen molar-refractivity contribution in [3.63, 3.8) is 0 Å². The van der Waals surface area contributed by atoms with Gasteiger partial charge in [0.15, 0.2) is 6.10 Å². The molecule has 0 saturated carbocycles. The van der Waals surface area contributed by atoms with Crippen LogP contribution in [0.25, 0.3) is 0 Å². The summed E-state index contributed by atoms with van der Waals surface area (Å²) in [6, 6.07) is 11.6. The zero-order valence-corrected chi connectivity index (χ0v) is 12.0. The third-order valence-corrected chi connectivity index (χ3v) is 3.42. The van der Waals surface area contributed by atoms with Gasteiger partial charge in [-0.05, 0) is 44.2 Å². The minimum atomic E-state index is -0.455. The number of fused-ring (bicyclic) bond motifs is 1. The fourth-order valence-electron chi connectivity index (χ4n) is 2.25. The average molecular weight is 283 g/mol. The molecule has 2 aromatic rings. The van der Waals surface area contributed by atoms with Gasteiger partial charge in [-0.3, -0.25) is 9.78 Å². The van der Waals surface area contributed by atoms with E-state index in [1.54, 1.807) is 13.1 Å². The second-order valence-electron chi connectivity index (χ2n) is 5.08. The molecular formula is C16H17N3O2. The number of amides is 1. The number of benzene rings is 1. The smallest absolute Gasteiger partial charge is 0.265 e. The summed E-state index contributed by atoms with van der Waals surface area (Å²) in [5, 5.41) is 6.21. The van der Waals surface area contributed by atoms with Crippen molar-refractivity contribution in [2.75, 3.05) is 10.6 Å². The van der Waals surface area contributed by atoms with Crippen LogP contribution in [0.2, 0.25) is 0 Å². The van der Waals surface area contributed by atoms with Crippen molar-refractivity contribution in [3.8, 4) is 5.75 Å². The Labute approximate surface area is 123 Å². The predicted octanol–water partition coefficient (Wildman–Crippen LogP) is 2.97. The summed E-state index contributed by atoms with van der Waals surface area (Å²) in [7, 11) is 0. The summed E-state index contributed by atoms with van der Waals surface area (Å²) in [6.45, 7) is 3.77. The van der Waals surface area contributed by atoms with Crippen LogP contribution in [0.15, 0.2) is 42.6 Å².